The lowest BCUT2D eigenvalue weighted by Crippen LogP contribution is -2.36. The Balaban J connectivity index is 2.70. The van der Waals surface area contributed by atoms with Crippen molar-refractivity contribution in [2.75, 3.05) is 18.4 Å². The summed E-state index contributed by atoms with van der Waals surface area (Å²) in [5, 5.41) is 13.1. The number of nitrogens with two attached hydrogens (primary N) is 1. The van der Waals surface area contributed by atoms with Crippen LogP contribution in [0.3, 0.4) is 0 Å². The number of hydrogen-bond acceptors (Lipinski definition) is 4. The molecule has 0 radical (unpaired) electrons. The number of amides is 2. The highest BCUT2D eigenvalue weighted by Gasteiger charge is 2.11. The first-order valence-electron chi connectivity index (χ1n) is 5.23. The number of aromatic carboxylic acids is 1. The van der Waals surface area contributed by atoms with Crippen molar-refractivity contribution in [1.82, 2.24) is 5.32 Å². The lowest BCUT2D eigenvalue weighted by atomic mass is 10.2. The van der Waals surface area contributed by atoms with Crippen molar-refractivity contribution < 1.29 is 23.9 Å². The molecule has 0 saturated heterocycles. The minimum absolute atomic E-state index is 0.164. The molecule has 8 heteroatoms. The van der Waals surface area contributed by atoms with Gasteiger partial charge in [-0.3, -0.25) is 9.59 Å². The SMILES string of the molecule is NCC(=O)NCC(=O)Nc1cc(C(=O)O)ccc1F. The summed E-state index contributed by atoms with van der Waals surface area (Å²) in [4.78, 5) is 32.9. The molecule has 0 aromatic heterocycles. The van der Waals surface area contributed by atoms with Crippen molar-refractivity contribution in [2.24, 2.45) is 5.73 Å². The average Bonchev–Trinajstić information content (AvgIpc) is 2.38. The first kappa shape index (κ1) is 14.6. The van der Waals surface area contributed by atoms with E-state index in [-0.39, 0.29) is 24.3 Å². The van der Waals surface area contributed by atoms with Gasteiger partial charge in [-0.2, -0.15) is 0 Å². The van der Waals surface area contributed by atoms with Gasteiger partial charge in [0.2, 0.25) is 11.8 Å². The maximum absolute atomic E-state index is 13.3. The first-order chi connectivity index (χ1) is 8.93. The smallest absolute Gasteiger partial charge is 0.335 e. The molecule has 5 N–H and O–H groups in total. The molecular formula is C11H12FN3O4. The van der Waals surface area contributed by atoms with E-state index < -0.39 is 23.6 Å². The molecule has 7 nitrogen and oxygen atoms in total. The first-order valence-corrected chi connectivity index (χ1v) is 5.23. The second kappa shape index (κ2) is 6.45. The molecule has 0 bridgehead atoms. The number of anilines is 1. The molecule has 1 rings (SSSR count). The Labute approximate surface area is 107 Å². The predicted molar refractivity (Wildman–Crippen MR) is 64.1 cm³/mol. The van der Waals surface area contributed by atoms with Crippen LogP contribution in [0.1, 0.15) is 10.4 Å². The molecular weight excluding hydrogens is 257 g/mol. The van der Waals surface area contributed by atoms with Crippen molar-refractivity contribution >= 4 is 23.5 Å². The molecule has 0 aliphatic heterocycles. The molecule has 0 unspecified atom stereocenters. The normalized spacial score (nSPS) is 9.79. The van der Waals surface area contributed by atoms with Crippen molar-refractivity contribution in [3.8, 4) is 0 Å². The Morgan fingerprint density at radius 3 is 2.53 bits per heavy atom. The molecule has 0 aliphatic rings. The van der Waals surface area contributed by atoms with Gasteiger partial charge in [0.25, 0.3) is 0 Å². The largest absolute Gasteiger partial charge is 0.478 e. The number of nitrogens with one attached hydrogen (secondary N) is 2. The summed E-state index contributed by atoms with van der Waals surface area (Å²) in [6, 6.07) is 2.99. The van der Waals surface area contributed by atoms with E-state index in [0.717, 1.165) is 18.2 Å². The van der Waals surface area contributed by atoms with Crippen LogP contribution in [0.5, 0.6) is 0 Å². The fourth-order valence-corrected chi connectivity index (χ4v) is 1.20. The van der Waals surface area contributed by atoms with Gasteiger partial charge in [0, 0.05) is 0 Å². The van der Waals surface area contributed by atoms with Gasteiger partial charge in [-0.25, -0.2) is 9.18 Å². The van der Waals surface area contributed by atoms with Gasteiger partial charge < -0.3 is 21.5 Å². The second-order valence-corrected chi connectivity index (χ2v) is 3.53. The number of carboxylic acid groups (broad SMARTS) is 1. The Morgan fingerprint density at radius 1 is 1.26 bits per heavy atom. The van der Waals surface area contributed by atoms with Crippen LogP contribution in [-0.4, -0.2) is 36.0 Å². The van der Waals surface area contributed by atoms with Crippen LogP contribution in [0.4, 0.5) is 10.1 Å². The summed E-state index contributed by atoms with van der Waals surface area (Å²) in [5.74, 6) is -3.24. The summed E-state index contributed by atoms with van der Waals surface area (Å²) in [7, 11) is 0. The molecule has 1 aromatic rings. The molecule has 0 atom stereocenters. The second-order valence-electron chi connectivity index (χ2n) is 3.53. The van der Waals surface area contributed by atoms with E-state index in [4.69, 9.17) is 10.8 Å². The van der Waals surface area contributed by atoms with Gasteiger partial charge in [-0.15, -0.1) is 0 Å². The van der Waals surface area contributed by atoms with E-state index in [1.165, 1.54) is 0 Å². The van der Waals surface area contributed by atoms with Crippen LogP contribution in [0, 0.1) is 5.82 Å². The summed E-state index contributed by atoms with van der Waals surface area (Å²) in [5.41, 5.74) is 4.58. The molecule has 0 saturated carbocycles. The zero-order valence-electron chi connectivity index (χ0n) is 9.77. The van der Waals surface area contributed by atoms with Gasteiger partial charge in [-0.05, 0) is 18.2 Å². The number of carbonyl (C=O) groups is 3. The monoisotopic (exact) mass is 269 g/mol. The van der Waals surface area contributed by atoms with E-state index in [2.05, 4.69) is 10.6 Å². The third kappa shape index (κ3) is 4.36. The molecule has 0 aliphatic carbocycles. The number of hydrogen-bond donors (Lipinski definition) is 4. The Morgan fingerprint density at radius 2 is 1.95 bits per heavy atom. The van der Waals surface area contributed by atoms with E-state index in [1.807, 2.05) is 0 Å². The number of carboxylic acids is 1. The van der Waals surface area contributed by atoms with Gasteiger partial charge in [-0.1, -0.05) is 0 Å². The number of halogens is 1. The third-order valence-corrected chi connectivity index (χ3v) is 2.12. The highest BCUT2D eigenvalue weighted by Crippen LogP contribution is 2.16. The molecule has 0 spiro atoms. The number of carbonyl (C=O) groups excluding carboxylic acids is 2. The molecule has 19 heavy (non-hydrogen) atoms. The maximum Gasteiger partial charge on any atom is 0.335 e. The van der Waals surface area contributed by atoms with E-state index >= 15 is 0 Å². The summed E-state index contributed by atoms with van der Waals surface area (Å²) >= 11 is 0. The van der Waals surface area contributed by atoms with E-state index in [1.54, 1.807) is 0 Å². The van der Waals surface area contributed by atoms with Crippen LogP contribution in [0.15, 0.2) is 18.2 Å². The molecule has 0 fully saturated rings. The minimum atomic E-state index is -1.24. The molecule has 2 amide bonds. The van der Waals surface area contributed by atoms with Crippen LogP contribution in [0.2, 0.25) is 0 Å². The van der Waals surface area contributed by atoms with Gasteiger partial charge >= 0.3 is 5.97 Å². The maximum atomic E-state index is 13.3. The zero-order valence-corrected chi connectivity index (χ0v) is 9.77. The lowest BCUT2D eigenvalue weighted by Gasteiger charge is -2.08. The molecule has 102 valence electrons. The zero-order chi connectivity index (χ0) is 14.4. The minimum Gasteiger partial charge on any atom is -0.478 e. The average molecular weight is 269 g/mol. The summed E-state index contributed by atoms with van der Waals surface area (Å²) < 4.78 is 13.3. The van der Waals surface area contributed by atoms with Gasteiger partial charge in [0.05, 0.1) is 24.3 Å². The Bertz CT molecular complexity index is 519. The van der Waals surface area contributed by atoms with Crippen molar-refractivity contribution in [3.05, 3.63) is 29.6 Å². The third-order valence-electron chi connectivity index (χ3n) is 2.12. The van der Waals surface area contributed by atoms with Gasteiger partial charge in [0.1, 0.15) is 5.82 Å². The van der Waals surface area contributed by atoms with E-state index in [0.29, 0.717) is 0 Å². The standard InChI is InChI=1S/C11H12FN3O4/c12-7-2-1-6(11(18)19)3-8(7)15-10(17)5-14-9(16)4-13/h1-3H,4-5,13H2,(H,14,16)(H,15,17)(H,18,19). The van der Waals surface area contributed by atoms with Crippen molar-refractivity contribution in [2.45, 2.75) is 0 Å². The fraction of sp³-hybridized carbons (Fsp3) is 0.182. The highest BCUT2D eigenvalue weighted by atomic mass is 19.1. The Kier molecular flexibility index (Phi) is 4.95. The summed E-state index contributed by atoms with van der Waals surface area (Å²) in [6.45, 7) is -0.650. The lowest BCUT2D eigenvalue weighted by molar-refractivity contribution is -0.123. The predicted octanol–water partition coefficient (Wildman–Crippen LogP) is -0.463. The van der Waals surface area contributed by atoms with Crippen molar-refractivity contribution in [3.63, 3.8) is 0 Å². The Hall–Kier alpha value is -2.48. The van der Waals surface area contributed by atoms with Crippen LogP contribution in [0.25, 0.3) is 0 Å². The fourth-order valence-electron chi connectivity index (χ4n) is 1.20. The van der Waals surface area contributed by atoms with Crippen LogP contribution >= 0.6 is 0 Å². The molecule has 0 heterocycles. The highest BCUT2D eigenvalue weighted by molar-refractivity contribution is 5.96. The van der Waals surface area contributed by atoms with Crippen LogP contribution in [-0.2, 0) is 9.59 Å². The number of benzene rings is 1. The number of rotatable bonds is 5. The van der Waals surface area contributed by atoms with Gasteiger partial charge in [0.15, 0.2) is 0 Å². The van der Waals surface area contributed by atoms with Crippen molar-refractivity contribution in [1.29, 1.82) is 0 Å². The van der Waals surface area contributed by atoms with Crippen LogP contribution < -0.4 is 16.4 Å². The quantitative estimate of drug-likeness (QED) is 0.576. The molecule has 1 aromatic carbocycles. The topological polar surface area (TPSA) is 122 Å². The van der Waals surface area contributed by atoms with E-state index in [9.17, 15) is 18.8 Å². The summed E-state index contributed by atoms with van der Waals surface area (Å²) in [6.07, 6.45) is 0.